The molecule has 1 rings (SSSR count). The van der Waals surface area contributed by atoms with E-state index in [9.17, 15) is 14.4 Å². The van der Waals surface area contributed by atoms with Crippen molar-refractivity contribution in [2.75, 3.05) is 0 Å². The first kappa shape index (κ1) is 11.9. The van der Waals surface area contributed by atoms with E-state index in [0.29, 0.717) is 0 Å². The fourth-order valence-corrected chi connectivity index (χ4v) is 1.26. The van der Waals surface area contributed by atoms with Crippen LogP contribution in [0.1, 0.15) is 5.56 Å². The van der Waals surface area contributed by atoms with E-state index < -0.39 is 17.9 Å². The third-order valence-corrected chi connectivity index (χ3v) is 2.00. The summed E-state index contributed by atoms with van der Waals surface area (Å²) in [6, 6.07) is 7.78. The van der Waals surface area contributed by atoms with Crippen LogP contribution in [0.2, 0.25) is 0 Å². The van der Waals surface area contributed by atoms with Crippen LogP contribution < -0.4 is 5.32 Å². The molecule has 0 saturated carbocycles. The van der Waals surface area contributed by atoms with Gasteiger partial charge >= 0.3 is 5.97 Å². The molecule has 0 fully saturated rings. The standard InChI is InChI=1S/C11H11NO4/c13-7-10(14)12-9(11(15)16)6-8-4-2-1-3-5-8/h1-5,7,9H,6H2,(H,12,14)(H,15,16). The van der Waals surface area contributed by atoms with Gasteiger partial charge in [0.2, 0.25) is 6.29 Å². The zero-order valence-corrected chi connectivity index (χ0v) is 8.42. The van der Waals surface area contributed by atoms with Gasteiger partial charge in [-0.2, -0.15) is 0 Å². The highest BCUT2D eigenvalue weighted by atomic mass is 16.4. The molecule has 16 heavy (non-hydrogen) atoms. The Labute approximate surface area is 92.1 Å². The Hall–Kier alpha value is -2.17. The highest BCUT2D eigenvalue weighted by Crippen LogP contribution is 2.03. The molecule has 1 amide bonds. The van der Waals surface area contributed by atoms with E-state index >= 15 is 0 Å². The number of carbonyl (C=O) groups excluding carboxylic acids is 2. The number of hydrogen-bond donors (Lipinski definition) is 2. The molecule has 0 bridgehead atoms. The van der Waals surface area contributed by atoms with Crippen molar-refractivity contribution in [3.63, 3.8) is 0 Å². The van der Waals surface area contributed by atoms with Gasteiger partial charge in [0, 0.05) is 6.42 Å². The number of carbonyl (C=O) groups is 3. The normalized spacial score (nSPS) is 11.5. The van der Waals surface area contributed by atoms with Crippen LogP contribution in [0, 0.1) is 0 Å². The van der Waals surface area contributed by atoms with Crippen LogP contribution in [0.3, 0.4) is 0 Å². The molecule has 1 unspecified atom stereocenters. The molecule has 0 aliphatic heterocycles. The number of benzene rings is 1. The van der Waals surface area contributed by atoms with Crippen LogP contribution in [-0.4, -0.2) is 29.3 Å². The van der Waals surface area contributed by atoms with Crippen molar-refractivity contribution >= 4 is 18.2 Å². The minimum atomic E-state index is -1.17. The monoisotopic (exact) mass is 221 g/mol. The van der Waals surface area contributed by atoms with E-state index in [1.54, 1.807) is 24.3 Å². The molecule has 1 atom stereocenters. The van der Waals surface area contributed by atoms with Crippen LogP contribution in [-0.2, 0) is 20.8 Å². The Balaban J connectivity index is 2.69. The molecule has 0 heterocycles. The SMILES string of the molecule is O=CC(=O)NC(Cc1ccccc1)C(=O)O. The number of aliphatic carboxylic acids is 1. The number of nitrogens with one attached hydrogen (secondary N) is 1. The fourth-order valence-electron chi connectivity index (χ4n) is 1.26. The Morgan fingerprint density at radius 3 is 2.44 bits per heavy atom. The van der Waals surface area contributed by atoms with Crippen LogP contribution >= 0.6 is 0 Å². The predicted molar refractivity (Wildman–Crippen MR) is 55.8 cm³/mol. The minimum Gasteiger partial charge on any atom is -0.480 e. The average Bonchev–Trinajstić information content (AvgIpc) is 2.29. The van der Waals surface area contributed by atoms with E-state index in [2.05, 4.69) is 5.32 Å². The molecular formula is C11H11NO4. The van der Waals surface area contributed by atoms with Crippen LogP contribution in [0.15, 0.2) is 30.3 Å². The van der Waals surface area contributed by atoms with E-state index in [1.807, 2.05) is 6.07 Å². The van der Waals surface area contributed by atoms with Crippen molar-refractivity contribution in [1.29, 1.82) is 0 Å². The Kier molecular flexibility index (Phi) is 4.20. The first-order chi connectivity index (χ1) is 7.63. The van der Waals surface area contributed by atoms with Gasteiger partial charge in [-0.15, -0.1) is 0 Å². The van der Waals surface area contributed by atoms with Gasteiger partial charge in [-0.05, 0) is 5.56 Å². The third-order valence-electron chi connectivity index (χ3n) is 2.00. The summed E-state index contributed by atoms with van der Waals surface area (Å²) in [4.78, 5) is 31.7. The smallest absolute Gasteiger partial charge is 0.326 e. The highest BCUT2D eigenvalue weighted by Gasteiger charge is 2.19. The zero-order valence-electron chi connectivity index (χ0n) is 8.42. The molecule has 0 aliphatic carbocycles. The van der Waals surface area contributed by atoms with Crippen molar-refractivity contribution in [1.82, 2.24) is 5.32 Å². The van der Waals surface area contributed by atoms with E-state index in [1.165, 1.54) is 0 Å². The quantitative estimate of drug-likeness (QED) is 0.541. The van der Waals surface area contributed by atoms with Gasteiger partial charge < -0.3 is 10.4 Å². The predicted octanol–water partition coefficient (Wildman–Crippen LogP) is -0.00260. The molecular weight excluding hydrogens is 210 g/mol. The molecule has 5 heteroatoms. The van der Waals surface area contributed by atoms with Gasteiger partial charge in [-0.25, -0.2) is 4.79 Å². The summed E-state index contributed by atoms with van der Waals surface area (Å²) in [7, 11) is 0. The Morgan fingerprint density at radius 1 is 1.31 bits per heavy atom. The van der Waals surface area contributed by atoms with Gasteiger partial charge in [0.15, 0.2) is 0 Å². The van der Waals surface area contributed by atoms with E-state index in [4.69, 9.17) is 5.11 Å². The summed E-state index contributed by atoms with van der Waals surface area (Å²) in [5.74, 6) is -2.10. The zero-order chi connectivity index (χ0) is 12.0. The molecule has 2 N–H and O–H groups in total. The van der Waals surface area contributed by atoms with Crippen LogP contribution in [0.5, 0.6) is 0 Å². The lowest BCUT2D eigenvalue weighted by molar-refractivity contribution is -0.142. The molecule has 0 aromatic heterocycles. The largest absolute Gasteiger partial charge is 0.480 e. The van der Waals surface area contributed by atoms with Crippen molar-refractivity contribution < 1.29 is 19.5 Å². The summed E-state index contributed by atoms with van der Waals surface area (Å²) in [6.45, 7) is 0. The van der Waals surface area contributed by atoms with E-state index in [0.717, 1.165) is 5.56 Å². The van der Waals surface area contributed by atoms with Crippen molar-refractivity contribution in [3.8, 4) is 0 Å². The lowest BCUT2D eigenvalue weighted by Gasteiger charge is -2.12. The molecule has 0 spiro atoms. The molecule has 0 radical (unpaired) electrons. The molecule has 84 valence electrons. The lowest BCUT2D eigenvalue weighted by atomic mass is 10.1. The minimum absolute atomic E-state index is 0.0565. The average molecular weight is 221 g/mol. The van der Waals surface area contributed by atoms with Crippen molar-refractivity contribution in [3.05, 3.63) is 35.9 Å². The number of amides is 1. The summed E-state index contributed by atoms with van der Waals surface area (Å²) in [5, 5.41) is 11.0. The second-order valence-corrected chi connectivity index (χ2v) is 3.21. The summed E-state index contributed by atoms with van der Waals surface area (Å²) in [5.41, 5.74) is 0.779. The summed E-state index contributed by atoms with van der Waals surface area (Å²) < 4.78 is 0. The van der Waals surface area contributed by atoms with Gasteiger partial charge in [0.1, 0.15) is 6.04 Å². The number of carboxylic acid groups (broad SMARTS) is 1. The maximum atomic E-state index is 10.8. The Bertz CT molecular complexity index is 388. The Morgan fingerprint density at radius 2 is 1.94 bits per heavy atom. The number of carboxylic acids is 1. The van der Waals surface area contributed by atoms with Gasteiger partial charge in [-0.3, -0.25) is 9.59 Å². The van der Waals surface area contributed by atoms with Gasteiger partial charge in [0.05, 0.1) is 0 Å². The van der Waals surface area contributed by atoms with E-state index in [-0.39, 0.29) is 12.7 Å². The van der Waals surface area contributed by atoms with Crippen molar-refractivity contribution in [2.45, 2.75) is 12.5 Å². The van der Waals surface area contributed by atoms with Crippen molar-refractivity contribution in [2.24, 2.45) is 0 Å². The molecule has 1 aromatic rings. The number of hydrogen-bond acceptors (Lipinski definition) is 3. The van der Waals surface area contributed by atoms with Crippen LogP contribution in [0.4, 0.5) is 0 Å². The second kappa shape index (κ2) is 5.65. The summed E-state index contributed by atoms with van der Waals surface area (Å²) in [6.07, 6.45) is 0.205. The first-order valence-corrected chi connectivity index (χ1v) is 4.66. The fraction of sp³-hybridized carbons (Fsp3) is 0.182. The van der Waals surface area contributed by atoms with Gasteiger partial charge in [0.25, 0.3) is 5.91 Å². The molecule has 0 aliphatic rings. The number of aldehydes is 1. The number of rotatable bonds is 5. The highest BCUT2D eigenvalue weighted by molar-refractivity contribution is 6.24. The summed E-state index contributed by atoms with van der Waals surface area (Å²) >= 11 is 0. The first-order valence-electron chi connectivity index (χ1n) is 4.66. The third kappa shape index (κ3) is 3.53. The maximum absolute atomic E-state index is 10.8. The topological polar surface area (TPSA) is 83.5 Å². The van der Waals surface area contributed by atoms with Gasteiger partial charge in [-0.1, -0.05) is 30.3 Å². The second-order valence-electron chi connectivity index (χ2n) is 3.21. The van der Waals surface area contributed by atoms with Crippen LogP contribution in [0.25, 0.3) is 0 Å². The maximum Gasteiger partial charge on any atom is 0.326 e. The molecule has 5 nitrogen and oxygen atoms in total. The lowest BCUT2D eigenvalue weighted by Crippen LogP contribution is -2.42. The molecule has 1 aromatic carbocycles. The molecule has 0 saturated heterocycles.